The zero-order chi connectivity index (χ0) is 19.2. The van der Waals surface area contributed by atoms with Gasteiger partial charge in [-0.2, -0.15) is 0 Å². The maximum Gasteiger partial charge on any atom is 0.337 e. The molecule has 2 atom stereocenters. The van der Waals surface area contributed by atoms with Gasteiger partial charge in [0.1, 0.15) is 0 Å². The van der Waals surface area contributed by atoms with E-state index in [9.17, 15) is 9.59 Å². The van der Waals surface area contributed by atoms with Crippen molar-refractivity contribution in [3.63, 3.8) is 0 Å². The molecule has 0 amide bonds. The van der Waals surface area contributed by atoms with Gasteiger partial charge in [-0.1, -0.05) is 29.8 Å². The summed E-state index contributed by atoms with van der Waals surface area (Å²) in [6.45, 7) is 5.53. The van der Waals surface area contributed by atoms with E-state index < -0.39 is 22.9 Å². The molecule has 25 heavy (non-hydrogen) atoms. The smallest absolute Gasteiger partial charge is 0.337 e. The van der Waals surface area contributed by atoms with Crippen LogP contribution in [0.2, 0.25) is 0 Å². The molecular weight excluding hydrogens is 365 g/mol. The van der Waals surface area contributed by atoms with Crippen LogP contribution in [0.5, 0.6) is 0 Å². The summed E-state index contributed by atoms with van der Waals surface area (Å²) in [6, 6.07) is 6.42. The van der Waals surface area contributed by atoms with E-state index in [4.69, 9.17) is 38.8 Å². The van der Waals surface area contributed by atoms with Crippen molar-refractivity contribution >= 4 is 35.1 Å². The third kappa shape index (κ3) is 5.88. The predicted octanol–water partition coefficient (Wildman–Crippen LogP) is 3.63. The highest BCUT2D eigenvalue weighted by Crippen LogP contribution is 2.33. The highest BCUT2D eigenvalue weighted by molar-refractivity contribution is 6.34. The average Bonchev–Trinajstić information content (AvgIpc) is 2.53. The summed E-state index contributed by atoms with van der Waals surface area (Å²) in [4.78, 5) is 21.0. The molecule has 0 radical (unpaired) electrons. The Kier molecular flexibility index (Phi) is 7.67. The molecule has 0 saturated carbocycles. The lowest BCUT2D eigenvalue weighted by molar-refractivity contribution is -0.138. The number of benzene rings is 1. The van der Waals surface area contributed by atoms with Crippen LogP contribution >= 0.6 is 23.2 Å². The molecule has 1 aromatic rings. The van der Waals surface area contributed by atoms with Crippen molar-refractivity contribution in [1.82, 2.24) is 0 Å². The first-order valence-electron chi connectivity index (χ1n) is 7.60. The second-order valence-corrected chi connectivity index (χ2v) is 6.85. The fourth-order valence-electron chi connectivity index (χ4n) is 2.09. The summed E-state index contributed by atoms with van der Waals surface area (Å²) >= 11 is 12.0. The largest absolute Gasteiger partial charge is 0.478 e. The average molecular weight is 386 g/mol. The van der Waals surface area contributed by atoms with E-state index in [1.807, 2.05) is 6.07 Å². The van der Waals surface area contributed by atoms with E-state index in [2.05, 4.69) is 0 Å². The van der Waals surface area contributed by atoms with Gasteiger partial charge in [0, 0.05) is 5.03 Å². The lowest BCUT2D eigenvalue weighted by Gasteiger charge is -2.29. The number of aryl methyl sites for hydroxylation is 1. The molecule has 0 heterocycles. The number of hydrogen-bond acceptors (Lipinski definition) is 4. The molecule has 0 bridgehead atoms. The molecule has 3 N–H and O–H groups in total. The fraction of sp³-hybridized carbons (Fsp3) is 0.333. The van der Waals surface area contributed by atoms with Gasteiger partial charge in [-0.3, -0.25) is 0 Å². The molecule has 0 fully saturated rings. The van der Waals surface area contributed by atoms with E-state index >= 15 is 0 Å². The van der Waals surface area contributed by atoms with Crippen molar-refractivity contribution in [2.45, 2.75) is 31.7 Å². The molecule has 1 aliphatic carbocycles. The molecule has 0 aliphatic heterocycles. The molecule has 1 aromatic carbocycles. The number of carboxylic acid groups (broad SMARTS) is 1. The zero-order valence-corrected chi connectivity index (χ0v) is 15.8. The SMILES string of the molecule is CCOC(=O)C1=CC(C)(Cl)C(N)C(Cl)=C1.Cc1ccccc1C(=O)O. The second kappa shape index (κ2) is 9.04. The van der Waals surface area contributed by atoms with Crippen molar-refractivity contribution < 1.29 is 19.4 Å². The van der Waals surface area contributed by atoms with Crippen LogP contribution in [0, 0.1) is 6.92 Å². The Morgan fingerprint density at radius 3 is 2.40 bits per heavy atom. The molecule has 2 rings (SSSR count). The summed E-state index contributed by atoms with van der Waals surface area (Å²) in [5.41, 5.74) is 7.29. The summed E-state index contributed by atoms with van der Waals surface area (Å²) in [5.74, 6) is -1.30. The number of halogens is 2. The Morgan fingerprint density at radius 2 is 1.96 bits per heavy atom. The predicted molar refractivity (Wildman–Crippen MR) is 99.0 cm³/mol. The highest BCUT2D eigenvalue weighted by Gasteiger charge is 2.34. The lowest BCUT2D eigenvalue weighted by Crippen LogP contribution is -2.42. The van der Waals surface area contributed by atoms with Gasteiger partial charge < -0.3 is 15.6 Å². The maximum absolute atomic E-state index is 11.4. The number of carbonyl (C=O) groups is 2. The number of ether oxygens (including phenoxy) is 1. The van der Waals surface area contributed by atoms with Crippen LogP contribution < -0.4 is 5.73 Å². The van der Waals surface area contributed by atoms with Gasteiger partial charge in [0.05, 0.1) is 28.7 Å². The van der Waals surface area contributed by atoms with Crippen LogP contribution in [0.4, 0.5) is 0 Å². The monoisotopic (exact) mass is 385 g/mol. The van der Waals surface area contributed by atoms with E-state index in [0.717, 1.165) is 5.56 Å². The Balaban J connectivity index is 0.000000271. The standard InChI is InChI=1S/C10H13Cl2NO2.C8H8O2/c1-3-15-9(14)6-4-7(11)8(13)10(2,12)5-6;1-6-4-2-3-5-7(6)8(9)10/h4-5,8H,3,13H2,1-2H3;2-5H,1H3,(H,9,10). The summed E-state index contributed by atoms with van der Waals surface area (Å²) in [6.07, 6.45) is 3.07. The number of esters is 1. The minimum atomic E-state index is -0.863. The third-order valence-electron chi connectivity index (χ3n) is 3.52. The molecule has 7 heteroatoms. The number of alkyl halides is 1. The number of hydrogen-bond donors (Lipinski definition) is 2. The summed E-state index contributed by atoms with van der Waals surface area (Å²) in [7, 11) is 0. The third-order valence-corrected chi connectivity index (χ3v) is 4.21. The van der Waals surface area contributed by atoms with Crippen molar-refractivity contribution in [2.75, 3.05) is 6.61 Å². The zero-order valence-electron chi connectivity index (χ0n) is 14.3. The topological polar surface area (TPSA) is 89.6 Å². The molecule has 0 spiro atoms. The lowest BCUT2D eigenvalue weighted by atomic mass is 9.92. The first-order valence-corrected chi connectivity index (χ1v) is 8.36. The Labute approximate surface area is 157 Å². The number of nitrogens with two attached hydrogens (primary N) is 1. The van der Waals surface area contributed by atoms with Gasteiger partial charge in [-0.25, -0.2) is 9.59 Å². The van der Waals surface area contributed by atoms with Crippen LogP contribution in [0.1, 0.15) is 29.8 Å². The van der Waals surface area contributed by atoms with E-state index in [1.165, 1.54) is 6.08 Å². The van der Waals surface area contributed by atoms with E-state index in [0.29, 0.717) is 22.8 Å². The number of aromatic carboxylic acids is 1. The Hall–Kier alpha value is -1.82. The van der Waals surface area contributed by atoms with E-state index in [1.54, 1.807) is 45.0 Å². The second-order valence-electron chi connectivity index (χ2n) is 5.60. The van der Waals surface area contributed by atoms with Crippen molar-refractivity contribution in [3.8, 4) is 0 Å². The minimum absolute atomic E-state index is 0.312. The molecular formula is C18H21Cl2NO4. The van der Waals surface area contributed by atoms with Crippen LogP contribution in [-0.4, -0.2) is 34.6 Å². The van der Waals surface area contributed by atoms with Gasteiger partial charge in [0.15, 0.2) is 0 Å². The molecule has 0 aromatic heterocycles. The quantitative estimate of drug-likeness (QED) is 0.612. The Morgan fingerprint density at radius 1 is 1.36 bits per heavy atom. The van der Waals surface area contributed by atoms with Crippen molar-refractivity contribution in [3.05, 3.63) is 58.1 Å². The first-order chi connectivity index (χ1) is 11.6. The maximum atomic E-state index is 11.4. The van der Waals surface area contributed by atoms with Crippen LogP contribution in [0.25, 0.3) is 0 Å². The highest BCUT2D eigenvalue weighted by atomic mass is 35.5. The fourth-order valence-corrected chi connectivity index (χ4v) is 2.72. The van der Waals surface area contributed by atoms with Crippen LogP contribution in [-0.2, 0) is 9.53 Å². The minimum Gasteiger partial charge on any atom is -0.478 e. The summed E-state index contributed by atoms with van der Waals surface area (Å²) in [5, 5.41) is 8.92. The van der Waals surface area contributed by atoms with Crippen molar-refractivity contribution in [1.29, 1.82) is 0 Å². The Bertz CT molecular complexity index is 711. The van der Waals surface area contributed by atoms with Gasteiger partial charge >= 0.3 is 11.9 Å². The molecule has 1 aliphatic rings. The van der Waals surface area contributed by atoms with Gasteiger partial charge in [-0.05, 0) is 44.6 Å². The van der Waals surface area contributed by atoms with E-state index in [-0.39, 0.29) is 0 Å². The van der Waals surface area contributed by atoms with Gasteiger partial charge in [0.2, 0.25) is 0 Å². The first kappa shape index (κ1) is 21.2. The normalized spacial score (nSPS) is 22.1. The molecule has 5 nitrogen and oxygen atoms in total. The molecule has 2 unspecified atom stereocenters. The number of carboxylic acids is 1. The molecule has 136 valence electrons. The van der Waals surface area contributed by atoms with Gasteiger partial charge in [0.25, 0.3) is 0 Å². The number of rotatable bonds is 3. The van der Waals surface area contributed by atoms with Crippen molar-refractivity contribution in [2.24, 2.45) is 5.73 Å². The molecule has 0 saturated heterocycles. The number of carbonyl (C=O) groups excluding carboxylic acids is 1. The van der Waals surface area contributed by atoms with Crippen LogP contribution in [0.3, 0.4) is 0 Å². The summed E-state index contributed by atoms with van der Waals surface area (Å²) < 4.78 is 4.85. The van der Waals surface area contributed by atoms with Gasteiger partial charge in [-0.15, -0.1) is 11.6 Å². The van der Waals surface area contributed by atoms with Crippen LogP contribution in [0.15, 0.2) is 47.0 Å².